The van der Waals surface area contributed by atoms with Gasteiger partial charge >= 0.3 is 0 Å². The Hall–Kier alpha value is -1.75. The third-order valence-corrected chi connectivity index (χ3v) is 2.87. The molecule has 5 nitrogen and oxygen atoms in total. The van der Waals surface area contributed by atoms with Crippen LogP contribution in [0.15, 0.2) is 18.5 Å². The lowest BCUT2D eigenvalue weighted by atomic mass is 10.2. The Bertz CT molecular complexity index is 517. The molecule has 0 saturated heterocycles. The molecule has 5 heteroatoms. The summed E-state index contributed by atoms with van der Waals surface area (Å²) >= 11 is 0. The first-order valence-electron chi connectivity index (χ1n) is 5.46. The second-order valence-corrected chi connectivity index (χ2v) is 3.94. The molecule has 0 spiro atoms. The monoisotopic (exact) mass is 215 g/mol. The zero-order chi connectivity index (χ0) is 11.0. The van der Waals surface area contributed by atoms with Crippen LogP contribution >= 0.6 is 0 Å². The van der Waals surface area contributed by atoms with Crippen molar-refractivity contribution >= 4 is 0 Å². The van der Waals surface area contributed by atoms with Gasteiger partial charge in [-0.3, -0.25) is 0 Å². The van der Waals surface area contributed by atoms with Crippen LogP contribution < -0.4 is 5.73 Å². The predicted octanol–water partition coefficient (Wildman–Crippen LogP) is 0.610. The Balaban J connectivity index is 2.00. The number of fused-ring (bicyclic) bond motifs is 1. The molecule has 2 aromatic heterocycles. The van der Waals surface area contributed by atoms with E-state index in [0.717, 1.165) is 18.7 Å². The average molecular weight is 215 g/mol. The zero-order valence-corrected chi connectivity index (χ0v) is 8.93. The second kappa shape index (κ2) is 3.68. The van der Waals surface area contributed by atoms with E-state index in [1.165, 1.54) is 17.7 Å². The topological polar surface area (TPSA) is 69.6 Å². The molecule has 2 heterocycles. The highest BCUT2D eigenvalue weighted by atomic mass is 15.4. The van der Waals surface area contributed by atoms with Gasteiger partial charge in [0.1, 0.15) is 6.33 Å². The zero-order valence-electron chi connectivity index (χ0n) is 8.93. The molecule has 16 heavy (non-hydrogen) atoms. The van der Waals surface area contributed by atoms with E-state index in [-0.39, 0.29) is 0 Å². The first-order chi connectivity index (χ1) is 7.86. The van der Waals surface area contributed by atoms with Crippen LogP contribution in [-0.2, 0) is 19.4 Å². The van der Waals surface area contributed by atoms with Gasteiger partial charge in [-0.1, -0.05) is 6.07 Å². The SMILES string of the molecule is NCc1ncn(-c2ccc3c(n2)CCC3)n1. The molecule has 2 N–H and O–H groups in total. The lowest BCUT2D eigenvalue weighted by Gasteiger charge is -2.02. The molecule has 0 aromatic carbocycles. The predicted molar refractivity (Wildman–Crippen MR) is 59.1 cm³/mol. The average Bonchev–Trinajstić information content (AvgIpc) is 2.96. The standard InChI is InChI=1S/C11H13N5/c12-6-10-13-7-16(15-10)11-5-4-8-2-1-3-9(8)14-11/h4-5,7H,1-3,6,12H2. The molecule has 0 radical (unpaired) electrons. The van der Waals surface area contributed by atoms with E-state index < -0.39 is 0 Å². The summed E-state index contributed by atoms with van der Waals surface area (Å²) in [6.07, 6.45) is 5.08. The molecule has 0 unspecified atom stereocenters. The van der Waals surface area contributed by atoms with Gasteiger partial charge in [0.05, 0.1) is 6.54 Å². The van der Waals surface area contributed by atoms with E-state index in [2.05, 4.69) is 21.1 Å². The number of pyridine rings is 1. The third kappa shape index (κ3) is 1.49. The fraction of sp³-hybridized carbons (Fsp3) is 0.364. The van der Waals surface area contributed by atoms with Crippen molar-refractivity contribution in [3.05, 3.63) is 35.5 Å². The minimum Gasteiger partial charge on any atom is -0.324 e. The van der Waals surface area contributed by atoms with Crippen LogP contribution in [0.1, 0.15) is 23.5 Å². The Morgan fingerprint density at radius 3 is 3.06 bits per heavy atom. The van der Waals surface area contributed by atoms with Crippen LogP contribution in [0.25, 0.3) is 5.82 Å². The maximum absolute atomic E-state index is 5.47. The van der Waals surface area contributed by atoms with Gasteiger partial charge in [0, 0.05) is 5.69 Å². The van der Waals surface area contributed by atoms with Crippen molar-refractivity contribution in [3.8, 4) is 5.82 Å². The molecule has 82 valence electrons. The van der Waals surface area contributed by atoms with Gasteiger partial charge in [0.2, 0.25) is 0 Å². The van der Waals surface area contributed by atoms with Gasteiger partial charge < -0.3 is 5.73 Å². The second-order valence-electron chi connectivity index (χ2n) is 3.94. The number of rotatable bonds is 2. The van der Waals surface area contributed by atoms with Gasteiger partial charge in [0.25, 0.3) is 0 Å². The van der Waals surface area contributed by atoms with Crippen LogP contribution in [0.3, 0.4) is 0 Å². The van der Waals surface area contributed by atoms with Gasteiger partial charge in [0.15, 0.2) is 11.6 Å². The molecular weight excluding hydrogens is 202 g/mol. The summed E-state index contributed by atoms with van der Waals surface area (Å²) in [4.78, 5) is 8.68. The summed E-state index contributed by atoms with van der Waals surface area (Å²) in [5.41, 5.74) is 8.03. The van der Waals surface area contributed by atoms with Crippen LogP contribution in [0.2, 0.25) is 0 Å². The number of aryl methyl sites for hydroxylation is 2. The van der Waals surface area contributed by atoms with Crippen molar-refractivity contribution in [3.63, 3.8) is 0 Å². The molecule has 1 aliphatic rings. The normalized spacial score (nSPS) is 14.1. The van der Waals surface area contributed by atoms with E-state index in [0.29, 0.717) is 12.4 Å². The first-order valence-corrected chi connectivity index (χ1v) is 5.46. The van der Waals surface area contributed by atoms with Gasteiger partial charge in [-0.05, 0) is 30.9 Å². The van der Waals surface area contributed by atoms with Crippen LogP contribution in [-0.4, -0.2) is 19.7 Å². The lowest BCUT2D eigenvalue weighted by molar-refractivity contribution is 0.800. The molecule has 0 bridgehead atoms. The summed E-state index contributed by atoms with van der Waals surface area (Å²) < 4.78 is 1.68. The van der Waals surface area contributed by atoms with Crippen molar-refractivity contribution in [2.24, 2.45) is 5.73 Å². The van der Waals surface area contributed by atoms with E-state index in [1.807, 2.05) is 6.07 Å². The van der Waals surface area contributed by atoms with Crippen molar-refractivity contribution < 1.29 is 0 Å². The molecule has 0 amide bonds. The summed E-state index contributed by atoms with van der Waals surface area (Å²) in [7, 11) is 0. The number of aromatic nitrogens is 4. The molecule has 0 atom stereocenters. The van der Waals surface area contributed by atoms with Crippen molar-refractivity contribution in [2.75, 3.05) is 0 Å². The third-order valence-electron chi connectivity index (χ3n) is 2.87. The van der Waals surface area contributed by atoms with Crippen LogP contribution in [0.4, 0.5) is 0 Å². The number of nitrogens with zero attached hydrogens (tertiary/aromatic N) is 4. The summed E-state index contributed by atoms with van der Waals surface area (Å²) in [5.74, 6) is 1.47. The minimum atomic E-state index is 0.359. The summed E-state index contributed by atoms with van der Waals surface area (Å²) in [6.45, 7) is 0.359. The van der Waals surface area contributed by atoms with Crippen molar-refractivity contribution in [2.45, 2.75) is 25.8 Å². The minimum absolute atomic E-state index is 0.359. The van der Waals surface area contributed by atoms with E-state index in [9.17, 15) is 0 Å². The Labute approximate surface area is 93.3 Å². The number of hydrogen-bond acceptors (Lipinski definition) is 4. The Kier molecular flexibility index (Phi) is 2.18. The number of nitrogens with two attached hydrogens (primary N) is 1. The maximum Gasteiger partial charge on any atom is 0.164 e. The van der Waals surface area contributed by atoms with E-state index >= 15 is 0 Å². The summed E-state index contributed by atoms with van der Waals surface area (Å²) in [6, 6.07) is 4.12. The molecular formula is C11H13N5. The van der Waals surface area contributed by atoms with Crippen LogP contribution in [0.5, 0.6) is 0 Å². The molecule has 0 fully saturated rings. The Morgan fingerprint density at radius 2 is 2.25 bits per heavy atom. The smallest absolute Gasteiger partial charge is 0.164 e. The van der Waals surface area contributed by atoms with Gasteiger partial charge in [-0.25, -0.2) is 14.6 Å². The first kappa shape index (κ1) is 9.47. The summed E-state index contributed by atoms with van der Waals surface area (Å²) in [5, 5.41) is 4.24. The lowest BCUT2D eigenvalue weighted by Crippen LogP contribution is -2.03. The van der Waals surface area contributed by atoms with E-state index in [4.69, 9.17) is 5.73 Å². The highest BCUT2D eigenvalue weighted by molar-refractivity contribution is 5.32. The molecule has 0 aliphatic heterocycles. The molecule has 0 saturated carbocycles. The van der Waals surface area contributed by atoms with Crippen molar-refractivity contribution in [1.82, 2.24) is 19.7 Å². The maximum atomic E-state index is 5.47. The largest absolute Gasteiger partial charge is 0.324 e. The van der Waals surface area contributed by atoms with E-state index in [1.54, 1.807) is 11.0 Å². The highest BCUT2D eigenvalue weighted by Crippen LogP contribution is 2.20. The molecule has 2 aromatic rings. The molecule has 1 aliphatic carbocycles. The fourth-order valence-corrected chi connectivity index (χ4v) is 2.04. The van der Waals surface area contributed by atoms with Gasteiger partial charge in [-0.15, -0.1) is 5.10 Å². The fourth-order valence-electron chi connectivity index (χ4n) is 2.04. The molecule has 3 rings (SSSR count). The Morgan fingerprint density at radius 1 is 1.31 bits per heavy atom. The number of hydrogen-bond donors (Lipinski definition) is 1. The van der Waals surface area contributed by atoms with Crippen LogP contribution in [0, 0.1) is 0 Å². The van der Waals surface area contributed by atoms with Gasteiger partial charge in [-0.2, -0.15) is 0 Å². The quantitative estimate of drug-likeness (QED) is 0.796. The van der Waals surface area contributed by atoms with Crippen molar-refractivity contribution in [1.29, 1.82) is 0 Å². The highest BCUT2D eigenvalue weighted by Gasteiger charge is 2.13.